The van der Waals surface area contributed by atoms with Crippen LogP contribution in [-0.4, -0.2) is 60.3 Å². The summed E-state index contributed by atoms with van der Waals surface area (Å²) in [5, 5.41) is 2.85. The van der Waals surface area contributed by atoms with Crippen LogP contribution >= 0.6 is 15.9 Å². The minimum Gasteiger partial charge on any atom is -0.328 e. The summed E-state index contributed by atoms with van der Waals surface area (Å²) in [6, 6.07) is 11.4. The molecule has 2 aromatic carbocycles. The number of nitrogens with zero attached hydrogens (tertiary/aromatic N) is 2. The molecule has 0 bridgehead atoms. The maximum absolute atomic E-state index is 13.3. The van der Waals surface area contributed by atoms with E-state index in [-0.39, 0.29) is 17.2 Å². The summed E-state index contributed by atoms with van der Waals surface area (Å²) in [6.45, 7) is 6.82. The highest BCUT2D eigenvalue weighted by Crippen LogP contribution is 2.32. The van der Waals surface area contributed by atoms with E-state index in [0.717, 1.165) is 33.7 Å². The lowest BCUT2D eigenvalue weighted by atomic mass is 9.88. The van der Waals surface area contributed by atoms with E-state index >= 15 is 0 Å². The second-order valence-corrected chi connectivity index (χ2v) is 11.5. The third-order valence-corrected chi connectivity index (χ3v) is 7.01. The normalized spacial score (nSPS) is 14.5. The Labute approximate surface area is 201 Å². The van der Waals surface area contributed by atoms with Crippen molar-refractivity contribution in [2.24, 2.45) is 5.41 Å². The molecule has 0 aliphatic carbocycles. The van der Waals surface area contributed by atoms with Crippen LogP contribution in [0.2, 0.25) is 0 Å². The molecule has 5 heteroatoms. The average Bonchev–Trinajstić information content (AvgIpc) is 2.73. The molecule has 4 nitrogen and oxygen atoms in total. The predicted octanol–water partition coefficient (Wildman–Crippen LogP) is 6.27. The molecule has 0 fully saturated rings. The topological polar surface area (TPSA) is 37.4 Å². The van der Waals surface area contributed by atoms with Crippen molar-refractivity contribution < 1.29 is 14.1 Å². The van der Waals surface area contributed by atoms with E-state index < -0.39 is 0 Å². The first-order valence-corrected chi connectivity index (χ1v) is 13.0. The molecule has 174 valence electrons. The molecule has 1 aliphatic heterocycles. The molecule has 1 aliphatic rings. The number of imide groups is 1. The van der Waals surface area contributed by atoms with Gasteiger partial charge in [0.05, 0.1) is 27.2 Å². The number of hydrogen-bond donors (Lipinski definition) is 0. The first-order valence-electron chi connectivity index (χ1n) is 11.9. The lowest BCUT2D eigenvalue weighted by molar-refractivity contribution is -0.896. The van der Waals surface area contributed by atoms with Gasteiger partial charge in [-0.3, -0.25) is 14.5 Å². The average molecular weight is 503 g/mol. The minimum absolute atomic E-state index is 0.166. The number of halogens is 1. The summed E-state index contributed by atoms with van der Waals surface area (Å²) >= 11 is 3.50. The van der Waals surface area contributed by atoms with Gasteiger partial charge in [-0.25, -0.2) is 0 Å². The minimum atomic E-state index is -0.176. The summed E-state index contributed by atoms with van der Waals surface area (Å²) in [5.74, 6) is -0.331. The fourth-order valence-corrected chi connectivity index (χ4v) is 5.68. The highest BCUT2D eigenvalue weighted by molar-refractivity contribution is 9.09. The summed E-state index contributed by atoms with van der Waals surface area (Å²) in [7, 11) is 4.53. The lowest BCUT2D eigenvalue weighted by Gasteiger charge is -2.40. The van der Waals surface area contributed by atoms with Gasteiger partial charge in [-0.2, -0.15) is 0 Å². The van der Waals surface area contributed by atoms with Crippen LogP contribution in [0, 0.1) is 5.41 Å². The third kappa shape index (κ3) is 5.99. The second kappa shape index (κ2) is 10.5. The largest absolute Gasteiger partial charge is 0.328 e. The van der Waals surface area contributed by atoms with Crippen LogP contribution < -0.4 is 0 Å². The van der Waals surface area contributed by atoms with E-state index in [4.69, 9.17) is 0 Å². The zero-order valence-electron chi connectivity index (χ0n) is 20.1. The van der Waals surface area contributed by atoms with E-state index in [1.54, 1.807) is 0 Å². The maximum Gasteiger partial charge on any atom is 0.261 e. The standard InChI is InChI=1S/C27H38BrN2O2/c1-27(2,20-30(3,4)18-10-8-6-5-7-9-17-28)19-29-25(31)22-15-11-13-21-14-12-16-23(24(21)22)26(29)32/h11-16H,5-10,17-20H2,1-4H3/q+1. The van der Waals surface area contributed by atoms with Crippen molar-refractivity contribution in [3.8, 4) is 0 Å². The Morgan fingerprint density at radius 1 is 0.844 bits per heavy atom. The molecule has 0 atom stereocenters. The molecule has 1 heterocycles. The van der Waals surface area contributed by atoms with Gasteiger partial charge in [-0.05, 0) is 36.8 Å². The number of carbonyl (C=O) groups excluding carboxylic acids is 2. The molecular formula is C27H38BrN2O2+. The van der Waals surface area contributed by atoms with Crippen molar-refractivity contribution in [3.05, 3.63) is 47.5 Å². The quantitative estimate of drug-likeness (QED) is 0.148. The van der Waals surface area contributed by atoms with Gasteiger partial charge in [-0.15, -0.1) is 0 Å². The zero-order chi connectivity index (χ0) is 23.4. The van der Waals surface area contributed by atoms with Gasteiger partial charge in [0.2, 0.25) is 0 Å². The molecule has 2 aromatic rings. The molecule has 0 N–H and O–H groups in total. The molecule has 0 saturated carbocycles. The highest BCUT2D eigenvalue weighted by Gasteiger charge is 2.38. The number of quaternary nitrogens is 1. The number of benzene rings is 2. The summed E-state index contributed by atoms with van der Waals surface area (Å²) in [6.07, 6.45) is 7.69. The molecule has 0 saturated heterocycles. The van der Waals surface area contributed by atoms with Gasteiger partial charge in [-0.1, -0.05) is 73.3 Å². The fourth-order valence-electron chi connectivity index (χ4n) is 5.28. The molecule has 3 rings (SSSR count). The van der Waals surface area contributed by atoms with E-state index in [9.17, 15) is 9.59 Å². The molecule has 0 radical (unpaired) electrons. The van der Waals surface area contributed by atoms with Crippen LogP contribution in [0.15, 0.2) is 36.4 Å². The van der Waals surface area contributed by atoms with Gasteiger partial charge < -0.3 is 4.48 Å². The van der Waals surface area contributed by atoms with Crippen LogP contribution in [0.5, 0.6) is 0 Å². The van der Waals surface area contributed by atoms with Crippen LogP contribution in [0.25, 0.3) is 10.8 Å². The van der Waals surface area contributed by atoms with E-state index in [1.165, 1.54) is 43.4 Å². The molecule has 0 unspecified atom stereocenters. The van der Waals surface area contributed by atoms with Gasteiger partial charge in [0.1, 0.15) is 0 Å². The van der Waals surface area contributed by atoms with Gasteiger partial charge in [0.25, 0.3) is 11.8 Å². The Hall–Kier alpha value is -1.72. The van der Waals surface area contributed by atoms with Gasteiger partial charge in [0, 0.05) is 33.8 Å². The summed E-state index contributed by atoms with van der Waals surface area (Å²) < 4.78 is 0.900. The van der Waals surface area contributed by atoms with E-state index in [1.807, 2.05) is 36.4 Å². The van der Waals surface area contributed by atoms with Crippen LogP contribution in [-0.2, 0) is 0 Å². The Morgan fingerprint density at radius 3 is 1.94 bits per heavy atom. The van der Waals surface area contributed by atoms with Crippen LogP contribution in [0.1, 0.15) is 73.1 Å². The first-order chi connectivity index (χ1) is 15.2. The highest BCUT2D eigenvalue weighted by atomic mass is 79.9. The number of unbranched alkanes of at least 4 members (excludes halogenated alkanes) is 5. The number of carbonyl (C=O) groups is 2. The Morgan fingerprint density at radius 2 is 1.38 bits per heavy atom. The van der Waals surface area contributed by atoms with E-state index in [0.29, 0.717) is 17.7 Å². The van der Waals surface area contributed by atoms with Crippen molar-refractivity contribution in [1.29, 1.82) is 0 Å². The van der Waals surface area contributed by atoms with Crippen LogP contribution in [0.3, 0.4) is 0 Å². The predicted molar refractivity (Wildman–Crippen MR) is 136 cm³/mol. The summed E-state index contributed by atoms with van der Waals surface area (Å²) in [4.78, 5) is 28.0. The maximum atomic E-state index is 13.3. The van der Waals surface area contributed by atoms with Crippen LogP contribution in [0.4, 0.5) is 0 Å². The van der Waals surface area contributed by atoms with E-state index in [2.05, 4.69) is 43.9 Å². The molecule has 0 aromatic heterocycles. The van der Waals surface area contributed by atoms with Gasteiger partial charge >= 0.3 is 0 Å². The zero-order valence-corrected chi connectivity index (χ0v) is 21.7. The Bertz CT molecular complexity index is 917. The SMILES string of the molecule is CC(C)(CN1C(=O)c2cccc3cccc(c23)C1=O)C[N+](C)(C)CCCCCCCCBr. The number of amides is 2. The molecular weight excluding hydrogens is 464 g/mol. The monoisotopic (exact) mass is 501 g/mol. The number of hydrogen-bond acceptors (Lipinski definition) is 2. The number of rotatable bonds is 12. The number of alkyl halides is 1. The van der Waals surface area contributed by atoms with Crippen molar-refractivity contribution in [2.45, 2.75) is 52.4 Å². The lowest BCUT2D eigenvalue weighted by Crippen LogP contribution is -2.52. The van der Waals surface area contributed by atoms with Crippen molar-refractivity contribution in [1.82, 2.24) is 4.90 Å². The molecule has 32 heavy (non-hydrogen) atoms. The first kappa shape index (κ1) is 24.9. The van der Waals surface area contributed by atoms with Crippen molar-refractivity contribution in [3.63, 3.8) is 0 Å². The smallest absolute Gasteiger partial charge is 0.261 e. The Balaban J connectivity index is 1.62. The van der Waals surface area contributed by atoms with Gasteiger partial charge in [0.15, 0.2) is 0 Å². The fraction of sp³-hybridized carbons (Fsp3) is 0.556. The van der Waals surface area contributed by atoms with Crippen molar-refractivity contribution in [2.75, 3.05) is 39.1 Å². The second-order valence-electron chi connectivity index (χ2n) is 10.7. The Kier molecular flexibility index (Phi) is 8.16. The summed E-state index contributed by atoms with van der Waals surface area (Å²) in [5.41, 5.74) is 1.11. The third-order valence-electron chi connectivity index (χ3n) is 6.45. The van der Waals surface area contributed by atoms with Crippen molar-refractivity contribution >= 4 is 38.5 Å². The molecule has 0 spiro atoms. The molecule has 2 amide bonds.